The average molecular weight is 222 g/mol. The molecule has 16 heavy (non-hydrogen) atoms. The first-order chi connectivity index (χ1) is 7.70. The van der Waals surface area contributed by atoms with Crippen molar-refractivity contribution in [3.8, 4) is 0 Å². The van der Waals surface area contributed by atoms with Crippen LogP contribution in [0.1, 0.15) is 26.2 Å². The molecule has 1 saturated heterocycles. The molecular formula is C12H15FN2O. The van der Waals surface area contributed by atoms with E-state index in [2.05, 4.69) is 4.98 Å². The lowest BCUT2D eigenvalue weighted by Gasteiger charge is -2.35. The number of ketones is 1. The highest BCUT2D eigenvalue weighted by Gasteiger charge is 2.28. The van der Waals surface area contributed by atoms with Gasteiger partial charge in [-0.1, -0.05) is 0 Å². The van der Waals surface area contributed by atoms with Gasteiger partial charge in [0.05, 0.1) is 6.04 Å². The van der Waals surface area contributed by atoms with Crippen LogP contribution in [-0.4, -0.2) is 23.4 Å². The molecule has 86 valence electrons. The lowest BCUT2D eigenvalue weighted by atomic mass is 9.99. The Morgan fingerprint density at radius 1 is 1.56 bits per heavy atom. The third-order valence-electron chi connectivity index (χ3n) is 2.98. The van der Waals surface area contributed by atoms with Gasteiger partial charge < -0.3 is 4.90 Å². The van der Waals surface area contributed by atoms with Crippen LogP contribution in [0.3, 0.4) is 0 Å². The summed E-state index contributed by atoms with van der Waals surface area (Å²) in [4.78, 5) is 17.3. The molecule has 1 aromatic rings. The molecule has 1 aliphatic heterocycles. The van der Waals surface area contributed by atoms with E-state index >= 15 is 0 Å². The van der Waals surface area contributed by atoms with E-state index in [1.807, 2.05) is 0 Å². The Hall–Kier alpha value is -1.45. The van der Waals surface area contributed by atoms with E-state index in [1.54, 1.807) is 24.1 Å². The number of halogens is 1. The topological polar surface area (TPSA) is 33.2 Å². The van der Waals surface area contributed by atoms with Crippen molar-refractivity contribution in [2.45, 2.75) is 32.2 Å². The summed E-state index contributed by atoms with van der Waals surface area (Å²) in [6.07, 6.45) is 4.37. The summed E-state index contributed by atoms with van der Waals surface area (Å²) >= 11 is 0. The number of piperidine rings is 1. The molecule has 0 aromatic carbocycles. The number of aromatic nitrogens is 1. The first kappa shape index (κ1) is 11.0. The molecule has 2 heterocycles. The zero-order valence-corrected chi connectivity index (χ0v) is 9.32. The maximum Gasteiger partial charge on any atom is 0.165 e. The van der Waals surface area contributed by atoms with E-state index in [0.717, 1.165) is 19.3 Å². The number of nitrogens with zero attached hydrogens (tertiary/aromatic N) is 2. The molecule has 0 spiro atoms. The largest absolute Gasteiger partial charge is 0.344 e. The number of Topliss-reactive ketones (excluding diaryl/α,β-unsaturated/α-hetero) is 1. The molecule has 3 nitrogen and oxygen atoms in total. The average Bonchev–Trinajstić information content (AvgIpc) is 2.29. The summed E-state index contributed by atoms with van der Waals surface area (Å²) in [7, 11) is 0. The number of carbonyl (C=O) groups excluding carboxylic acids is 1. The van der Waals surface area contributed by atoms with Gasteiger partial charge in [0, 0.05) is 12.7 Å². The summed E-state index contributed by atoms with van der Waals surface area (Å²) in [6.45, 7) is 2.27. The fourth-order valence-electron chi connectivity index (χ4n) is 2.20. The molecule has 1 fully saturated rings. The molecule has 0 bridgehead atoms. The van der Waals surface area contributed by atoms with Gasteiger partial charge in [0.25, 0.3) is 0 Å². The fraction of sp³-hybridized carbons (Fsp3) is 0.500. The Morgan fingerprint density at radius 2 is 2.38 bits per heavy atom. The summed E-state index contributed by atoms with van der Waals surface area (Å²) in [5, 5.41) is 0. The van der Waals surface area contributed by atoms with Crippen LogP contribution in [0.5, 0.6) is 0 Å². The number of anilines is 1. The molecule has 1 aromatic heterocycles. The number of pyridine rings is 1. The summed E-state index contributed by atoms with van der Waals surface area (Å²) in [6, 6.07) is 2.73. The van der Waals surface area contributed by atoms with E-state index in [4.69, 9.17) is 0 Å². The zero-order chi connectivity index (χ0) is 11.5. The highest BCUT2D eigenvalue weighted by molar-refractivity contribution is 5.84. The number of hydrogen-bond acceptors (Lipinski definition) is 3. The van der Waals surface area contributed by atoms with Gasteiger partial charge in [0.1, 0.15) is 0 Å². The first-order valence-corrected chi connectivity index (χ1v) is 5.58. The van der Waals surface area contributed by atoms with Crippen molar-refractivity contribution in [2.24, 2.45) is 0 Å². The molecule has 0 aliphatic carbocycles. The minimum atomic E-state index is -0.351. The standard InChI is InChI=1S/C12H15FN2O/c1-9(16)11-6-2-3-8-15(11)12-10(13)5-4-7-14-12/h4-5,7,11H,2-3,6,8H2,1H3. The van der Waals surface area contributed by atoms with Gasteiger partial charge >= 0.3 is 0 Å². The molecule has 1 atom stereocenters. The highest BCUT2D eigenvalue weighted by Crippen LogP contribution is 2.25. The molecule has 0 amide bonds. The quantitative estimate of drug-likeness (QED) is 0.768. The first-order valence-electron chi connectivity index (χ1n) is 5.58. The lowest BCUT2D eigenvalue weighted by molar-refractivity contribution is -0.118. The minimum absolute atomic E-state index is 0.0877. The van der Waals surface area contributed by atoms with E-state index in [1.165, 1.54) is 6.07 Å². The van der Waals surface area contributed by atoms with E-state index < -0.39 is 0 Å². The van der Waals surface area contributed by atoms with E-state index in [-0.39, 0.29) is 17.6 Å². The van der Waals surface area contributed by atoms with Crippen LogP contribution in [0.25, 0.3) is 0 Å². The van der Waals surface area contributed by atoms with Gasteiger partial charge in [0.2, 0.25) is 0 Å². The molecule has 0 N–H and O–H groups in total. The summed E-state index contributed by atoms with van der Waals surface area (Å²) in [5.74, 6) is 0.0443. The Balaban J connectivity index is 2.30. The third-order valence-corrected chi connectivity index (χ3v) is 2.98. The van der Waals surface area contributed by atoms with Crippen LogP contribution < -0.4 is 4.90 Å². The van der Waals surface area contributed by atoms with Crippen LogP contribution in [0.15, 0.2) is 18.3 Å². The number of carbonyl (C=O) groups is 1. The second-order valence-electron chi connectivity index (χ2n) is 4.12. The molecule has 1 aliphatic rings. The van der Waals surface area contributed by atoms with E-state index in [9.17, 15) is 9.18 Å². The van der Waals surface area contributed by atoms with Crippen LogP contribution in [0.2, 0.25) is 0 Å². The minimum Gasteiger partial charge on any atom is -0.344 e. The van der Waals surface area contributed by atoms with Crippen molar-refractivity contribution < 1.29 is 9.18 Å². The molecule has 0 radical (unpaired) electrons. The predicted octanol–water partition coefficient (Wildman–Crippen LogP) is 2.17. The second-order valence-corrected chi connectivity index (χ2v) is 4.12. The molecular weight excluding hydrogens is 207 g/mol. The smallest absolute Gasteiger partial charge is 0.165 e. The highest BCUT2D eigenvalue weighted by atomic mass is 19.1. The molecule has 1 unspecified atom stereocenters. The van der Waals surface area contributed by atoms with Gasteiger partial charge in [-0.2, -0.15) is 0 Å². The Bertz CT molecular complexity index is 394. The normalized spacial score (nSPS) is 20.9. The van der Waals surface area contributed by atoms with Crippen molar-refractivity contribution >= 4 is 11.6 Å². The van der Waals surface area contributed by atoms with Crippen molar-refractivity contribution in [1.29, 1.82) is 0 Å². The van der Waals surface area contributed by atoms with Gasteiger partial charge in [-0.25, -0.2) is 9.37 Å². The molecule has 0 saturated carbocycles. The van der Waals surface area contributed by atoms with Gasteiger partial charge in [-0.3, -0.25) is 4.79 Å². The van der Waals surface area contributed by atoms with Gasteiger partial charge in [0.15, 0.2) is 17.4 Å². The van der Waals surface area contributed by atoms with E-state index in [0.29, 0.717) is 12.4 Å². The Morgan fingerprint density at radius 3 is 3.06 bits per heavy atom. The van der Waals surface area contributed by atoms with Crippen LogP contribution in [-0.2, 0) is 4.79 Å². The van der Waals surface area contributed by atoms with Crippen molar-refractivity contribution in [2.75, 3.05) is 11.4 Å². The monoisotopic (exact) mass is 222 g/mol. The van der Waals surface area contributed by atoms with Gasteiger partial charge in [-0.15, -0.1) is 0 Å². The second kappa shape index (κ2) is 4.60. The number of hydrogen-bond donors (Lipinski definition) is 0. The number of rotatable bonds is 2. The molecule has 4 heteroatoms. The maximum absolute atomic E-state index is 13.6. The van der Waals surface area contributed by atoms with Crippen molar-refractivity contribution in [1.82, 2.24) is 4.98 Å². The predicted molar refractivity (Wildman–Crippen MR) is 59.9 cm³/mol. The van der Waals surface area contributed by atoms with Gasteiger partial charge in [-0.05, 0) is 38.3 Å². The summed E-state index contributed by atoms with van der Waals surface area (Å²) < 4.78 is 13.6. The fourth-order valence-corrected chi connectivity index (χ4v) is 2.20. The Labute approximate surface area is 94.3 Å². The third kappa shape index (κ3) is 2.05. The molecule has 2 rings (SSSR count). The Kier molecular flexibility index (Phi) is 3.17. The van der Waals surface area contributed by atoms with Crippen LogP contribution in [0, 0.1) is 5.82 Å². The SMILES string of the molecule is CC(=O)C1CCCCN1c1ncccc1F. The zero-order valence-electron chi connectivity index (χ0n) is 9.32. The lowest BCUT2D eigenvalue weighted by Crippen LogP contribution is -2.44. The van der Waals surface area contributed by atoms with Crippen molar-refractivity contribution in [3.63, 3.8) is 0 Å². The van der Waals surface area contributed by atoms with Crippen molar-refractivity contribution in [3.05, 3.63) is 24.1 Å². The van der Waals surface area contributed by atoms with Crippen LogP contribution in [0.4, 0.5) is 10.2 Å². The summed E-state index contributed by atoms with van der Waals surface area (Å²) in [5.41, 5.74) is 0. The maximum atomic E-state index is 13.6. The van der Waals surface area contributed by atoms with Crippen LogP contribution >= 0.6 is 0 Å².